The van der Waals surface area contributed by atoms with Crippen LogP contribution in [0.5, 0.6) is 0 Å². The molecule has 0 spiro atoms. The lowest BCUT2D eigenvalue weighted by Gasteiger charge is -2.29. The fourth-order valence-corrected chi connectivity index (χ4v) is 3.56. The van der Waals surface area contributed by atoms with E-state index in [1.807, 2.05) is 4.90 Å². The van der Waals surface area contributed by atoms with Gasteiger partial charge in [-0.3, -0.25) is 4.79 Å². The van der Waals surface area contributed by atoms with Crippen molar-refractivity contribution in [2.75, 3.05) is 36.5 Å². The van der Waals surface area contributed by atoms with E-state index < -0.39 is 17.7 Å². The zero-order chi connectivity index (χ0) is 18.0. The summed E-state index contributed by atoms with van der Waals surface area (Å²) in [7, 11) is 0. The number of anilines is 2. The first-order chi connectivity index (χ1) is 11.9. The highest BCUT2D eigenvalue weighted by Crippen LogP contribution is 2.27. The number of ether oxygens (including phenoxy) is 1. The fourth-order valence-electron chi connectivity index (χ4n) is 2.65. The number of benzene rings is 1. The Balaban J connectivity index is 1.81. The molecule has 2 N–H and O–H groups in total. The average molecular weight is 364 g/mol. The Morgan fingerprint density at radius 1 is 1.24 bits per heavy atom. The molecule has 6 nitrogen and oxygen atoms in total. The number of hydrogen-bond donors (Lipinski definition) is 2. The van der Waals surface area contributed by atoms with Gasteiger partial charge in [0, 0.05) is 24.3 Å². The number of hydrogen-bond acceptors (Lipinski definition) is 5. The van der Waals surface area contributed by atoms with Crippen LogP contribution in [0.2, 0.25) is 0 Å². The van der Waals surface area contributed by atoms with Crippen LogP contribution in [0.15, 0.2) is 24.3 Å². The van der Waals surface area contributed by atoms with Gasteiger partial charge in [-0.05, 0) is 36.8 Å². The zero-order valence-corrected chi connectivity index (χ0v) is 14.4. The summed E-state index contributed by atoms with van der Waals surface area (Å²) in [6.45, 7) is 4.05. The Labute approximate surface area is 147 Å². The van der Waals surface area contributed by atoms with Crippen molar-refractivity contribution in [1.82, 2.24) is 0 Å². The Bertz CT molecular complexity index is 815. The molecule has 3 rings (SSSR count). The van der Waals surface area contributed by atoms with Gasteiger partial charge in [-0.2, -0.15) is 0 Å². The lowest BCUT2D eigenvalue weighted by Crippen LogP contribution is -2.36. The number of amides is 1. The molecule has 1 saturated heterocycles. The molecule has 0 radical (unpaired) electrons. The number of carboxylic acid groups (broad SMARTS) is 1. The van der Waals surface area contributed by atoms with E-state index >= 15 is 0 Å². The molecular formula is C17H17FN2O4S. The van der Waals surface area contributed by atoms with Crippen LogP contribution in [-0.2, 0) is 4.74 Å². The van der Waals surface area contributed by atoms with Crippen molar-refractivity contribution in [3.63, 3.8) is 0 Å². The molecule has 1 amide bonds. The second-order valence-electron chi connectivity index (χ2n) is 5.68. The summed E-state index contributed by atoms with van der Waals surface area (Å²) >= 11 is 0.975. The molecule has 0 saturated carbocycles. The molecule has 1 aromatic carbocycles. The summed E-state index contributed by atoms with van der Waals surface area (Å²) < 4.78 is 19.2. The SMILES string of the molecule is Cc1cc(NC(=O)c2cc(F)cc(N3CCOCC3)c2)sc1C(=O)O. The van der Waals surface area contributed by atoms with Gasteiger partial charge in [-0.15, -0.1) is 11.3 Å². The molecule has 1 fully saturated rings. The van der Waals surface area contributed by atoms with Crippen LogP contribution in [0, 0.1) is 12.7 Å². The number of nitrogens with one attached hydrogen (secondary N) is 1. The topological polar surface area (TPSA) is 78.9 Å². The van der Waals surface area contributed by atoms with Gasteiger partial charge in [0.1, 0.15) is 10.7 Å². The minimum Gasteiger partial charge on any atom is -0.477 e. The quantitative estimate of drug-likeness (QED) is 0.872. The van der Waals surface area contributed by atoms with E-state index in [1.54, 1.807) is 19.1 Å². The predicted octanol–water partition coefficient (Wildman–Crippen LogP) is 2.98. The Kier molecular flexibility index (Phi) is 5.00. The molecule has 1 aromatic heterocycles. The van der Waals surface area contributed by atoms with Crippen molar-refractivity contribution in [1.29, 1.82) is 0 Å². The highest BCUT2D eigenvalue weighted by atomic mass is 32.1. The van der Waals surface area contributed by atoms with Crippen molar-refractivity contribution in [3.8, 4) is 0 Å². The highest BCUT2D eigenvalue weighted by molar-refractivity contribution is 7.18. The molecule has 0 aliphatic carbocycles. The maximum atomic E-state index is 13.9. The van der Waals surface area contributed by atoms with Gasteiger partial charge in [0.15, 0.2) is 0 Å². The van der Waals surface area contributed by atoms with Crippen molar-refractivity contribution in [3.05, 3.63) is 46.1 Å². The molecule has 2 heterocycles. The Morgan fingerprint density at radius 3 is 2.60 bits per heavy atom. The molecular weight excluding hydrogens is 347 g/mol. The van der Waals surface area contributed by atoms with Crippen LogP contribution in [-0.4, -0.2) is 43.3 Å². The number of morpholine rings is 1. The van der Waals surface area contributed by atoms with Crippen LogP contribution in [0.1, 0.15) is 25.6 Å². The van der Waals surface area contributed by atoms with Crippen molar-refractivity contribution >= 4 is 33.9 Å². The van der Waals surface area contributed by atoms with Crippen molar-refractivity contribution in [2.24, 2.45) is 0 Å². The maximum Gasteiger partial charge on any atom is 0.346 e. The monoisotopic (exact) mass is 364 g/mol. The van der Waals surface area contributed by atoms with Crippen molar-refractivity contribution in [2.45, 2.75) is 6.92 Å². The molecule has 0 atom stereocenters. The van der Waals surface area contributed by atoms with Gasteiger partial charge in [-0.25, -0.2) is 9.18 Å². The van der Waals surface area contributed by atoms with E-state index in [0.29, 0.717) is 42.6 Å². The van der Waals surface area contributed by atoms with Gasteiger partial charge < -0.3 is 20.1 Å². The van der Waals surface area contributed by atoms with E-state index in [9.17, 15) is 14.0 Å². The Morgan fingerprint density at radius 2 is 1.96 bits per heavy atom. The lowest BCUT2D eigenvalue weighted by molar-refractivity contribution is 0.0701. The number of rotatable bonds is 4. The smallest absolute Gasteiger partial charge is 0.346 e. The third-order valence-corrected chi connectivity index (χ3v) is 5.01. The first-order valence-electron chi connectivity index (χ1n) is 7.72. The third kappa shape index (κ3) is 3.97. The second kappa shape index (κ2) is 7.20. The number of halogens is 1. The average Bonchev–Trinajstić information content (AvgIpc) is 2.95. The van der Waals surface area contributed by atoms with E-state index in [0.717, 1.165) is 17.4 Å². The largest absolute Gasteiger partial charge is 0.477 e. The number of carbonyl (C=O) groups excluding carboxylic acids is 1. The summed E-state index contributed by atoms with van der Waals surface area (Å²) in [6.07, 6.45) is 0. The number of aromatic carboxylic acids is 1. The first kappa shape index (κ1) is 17.4. The summed E-state index contributed by atoms with van der Waals surface area (Å²) in [6, 6.07) is 5.77. The lowest BCUT2D eigenvalue weighted by atomic mass is 10.1. The predicted molar refractivity (Wildman–Crippen MR) is 93.4 cm³/mol. The number of aryl methyl sites for hydroxylation is 1. The van der Waals surface area contributed by atoms with E-state index in [-0.39, 0.29) is 10.4 Å². The van der Waals surface area contributed by atoms with Crippen LogP contribution in [0.4, 0.5) is 15.1 Å². The summed E-state index contributed by atoms with van der Waals surface area (Å²) in [5.74, 6) is -2.02. The summed E-state index contributed by atoms with van der Waals surface area (Å²) in [5.41, 5.74) is 1.38. The molecule has 25 heavy (non-hydrogen) atoms. The minimum absolute atomic E-state index is 0.170. The van der Waals surface area contributed by atoms with E-state index in [4.69, 9.17) is 9.84 Å². The van der Waals surface area contributed by atoms with Gasteiger partial charge in [0.2, 0.25) is 0 Å². The van der Waals surface area contributed by atoms with Gasteiger partial charge in [0.25, 0.3) is 5.91 Å². The van der Waals surface area contributed by atoms with Crippen LogP contribution >= 0.6 is 11.3 Å². The minimum atomic E-state index is -1.04. The van der Waals surface area contributed by atoms with Gasteiger partial charge in [-0.1, -0.05) is 0 Å². The Hall–Kier alpha value is -2.45. The number of thiophene rings is 1. The molecule has 1 aliphatic heterocycles. The molecule has 0 unspecified atom stereocenters. The van der Waals surface area contributed by atoms with Crippen LogP contribution in [0.3, 0.4) is 0 Å². The zero-order valence-electron chi connectivity index (χ0n) is 13.5. The molecule has 1 aliphatic rings. The highest BCUT2D eigenvalue weighted by Gasteiger charge is 2.17. The third-order valence-electron chi connectivity index (χ3n) is 3.87. The second-order valence-corrected chi connectivity index (χ2v) is 6.73. The molecule has 0 bridgehead atoms. The maximum absolute atomic E-state index is 13.9. The van der Waals surface area contributed by atoms with E-state index in [2.05, 4.69) is 5.32 Å². The van der Waals surface area contributed by atoms with Crippen LogP contribution in [0.25, 0.3) is 0 Å². The van der Waals surface area contributed by atoms with Gasteiger partial charge >= 0.3 is 5.97 Å². The normalized spacial score (nSPS) is 14.4. The number of nitrogens with zero attached hydrogens (tertiary/aromatic N) is 1. The van der Waals surface area contributed by atoms with Crippen LogP contribution < -0.4 is 10.2 Å². The molecule has 2 aromatic rings. The van der Waals surface area contributed by atoms with Gasteiger partial charge in [0.05, 0.1) is 18.2 Å². The summed E-state index contributed by atoms with van der Waals surface area (Å²) in [4.78, 5) is 25.6. The standard InChI is InChI=1S/C17H17FN2O4S/c1-10-6-14(25-15(10)17(22)23)19-16(21)11-7-12(18)9-13(8-11)20-2-4-24-5-3-20/h6-9H,2-5H2,1H3,(H,19,21)(H,22,23). The summed E-state index contributed by atoms with van der Waals surface area (Å²) in [5, 5.41) is 12.1. The molecule has 8 heteroatoms. The molecule has 132 valence electrons. The first-order valence-corrected chi connectivity index (χ1v) is 8.54. The number of carboxylic acids is 1. The van der Waals surface area contributed by atoms with E-state index in [1.165, 1.54) is 6.07 Å². The van der Waals surface area contributed by atoms with Crippen molar-refractivity contribution < 1.29 is 23.8 Å². The number of carbonyl (C=O) groups is 2. The fraction of sp³-hybridized carbons (Fsp3) is 0.294.